The Morgan fingerprint density at radius 2 is 1.77 bits per heavy atom. The van der Waals surface area contributed by atoms with Crippen LogP contribution in [0.25, 0.3) is 10.1 Å². The number of hydrogen-bond acceptors (Lipinski definition) is 5. The van der Waals surface area contributed by atoms with Crippen LogP contribution < -0.4 is 5.73 Å². The normalized spacial score (nSPS) is 17.9. The van der Waals surface area contributed by atoms with Crippen LogP contribution in [0.1, 0.15) is 51.4 Å². The summed E-state index contributed by atoms with van der Waals surface area (Å²) in [6.45, 7) is 1.39. The van der Waals surface area contributed by atoms with Gasteiger partial charge in [0.1, 0.15) is 0 Å². The van der Waals surface area contributed by atoms with Crippen molar-refractivity contribution < 1.29 is 27.6 Å². The molecule has 1 spiro atoms. The minimum atomic E-state index is -4.44. The maximum atomic E-state index is 13.5. The Labute approximate surface area is 202 Å². The third-order valence-electron chi connectivity index (χ3n) is 6.90. The highest BCUT2D eigenvalue weighted by molar-refractivity contribution is 7.20. The molecule has 4 heterocycles. The molecule has 0 atom stereocenters. The van der Waals surface area contributed by atoms with Crippen LogP contribution >= 0.6 is 11.3 Å². The Bertz CT molecular complexity index is 1320. The third kappa shape index (κ3) is 4.15. The fraction of sp³-hybridized carbons (Fsp3) is 0.391. The molecule has 184 valence electrons. The number of hydrogen-bond donors (Lipinski definition) is 1. The first-order valence-corrected chi connectivity index (χ1v) is 12.0. The van der Waals surface area contributed by atoms with Crippen LogP contribution in [0, 0.1) is 0 Å². The highest BCUT2D eigenvalue weighted by Gasteiger charge is 2.46. The number of nitrogens with zero attached hydrogens (tertiary/aromatic N) is 4. The Kier molecular flexibility index (Phi) is 5.58. The van der Waals surface area contributed by atoms with Gasteiger partial charge in [0.05, 0.1) is 10.4 Å². The molecular weight excluding hydrogens is 483 g/mol. The summed E-state index contributed by atoms with van der Waals surface area (Å²) in [6, 6.07) is 6.17. The number of nitrogens with two attached hydrogens (primary N) is 1. The van der Waals surface area contributed by atoms with Crippen LogP contribution in [0.15, 0.2) is 36.5 Å². The molecule has 5 rings (SSSR count). The van der Waals surface area contributed by atoms with E-state index in [1.807, 2.05) is 4.90 Å². The minimum absolute atomic E-state index is 0.00471. The largest absolute Gasteiger partial charge is 0.416 e. The molecular formula is C23H22F3N5O3S. The molecule has 2 aliphatic heterocycles. The first-order valence-electron chi connectivity index (χ1n) is 11.1. The summed E-state index contributed by atoms with van der Waals surface area (Å²) in [5.74, 6) is -0.902. The lowest BCUT2D eigenvalue weighted by atomic mass is 9.85. The van der Waals surface area contributed by atoms with E-state index in [-0.39, 0.29) is 17.6 Å². The number of aromatic nitrogens is 2. The number of rotatable bonds is 2. The molecule has 2 aromatic heterocycles. The van der Waals surface area contributed by atoms with Crippen LogP contribution in [0.4, 0.5) is 18.0 Å². The molecule has 0 saturated carbocycles. The Morgan fingerprint density at radius 3 is 2.43 bits per heavy atom. The summed E-state index contributed by atoms with van der Waals surface area (Å²) < 4.78 is 40.7. The van der Waals surface area contributed by atoms with Gasteiger partial charge in [-0.05, 0) is 55.3 Å². The Balaban J connectivity index is 1.31. The number of primary amides is 1. The summed E-state index contributed by atoms with van der Waals surface area (Å²) in [7, 11) is 0. The van der Waals surface area contributed by atoms with Crippen molar-refractivity contribution in [3.05, 3.63) is 52.7 Å². The van der Waals surface area contributed by atoms with Gasteiger partial charge in [-0.2, -0.15) is 23.0 Å². The number of piperidine rings is 1. The van der Waals surface area contributed by atoms with E-state index in [9.17, 15) is 27.6 Å². The van der Waals surface area contributed by atoms with Gasteiger partial charge >= 0.3 is 12.2 Å². The zero-order valence-electron chi connectivity index (χ0n) is 18.5. The SMILES string of the molecule is NC(=O)c1ccn(C(=O)N2CCC3(CCCN3C(=O)c3cc4ccc(C(F)(F)F)cc4s3)CC2)n1. The van der Waals surface area contributed by atoms with Crippen LogP contribution in [-0.4, -0.2) is 62.6 Å². The molecule has 0 bridgehead atoms. The smallest absolute Gasteiger partial charge is 0.364 e. The highest BCUT2D eigenvalue weighted by Crippen LogP contribution is 2.41. The van der Waals surface area contributed by atoms with Gasteiger partial charge < -0.3 is 15.5 Å². The number of thiophene rings is 1. The minimum Gasteiger partial charge on any atom is -0.364 e. The average Bonchev–Trinajstić information content (AvgIpc) is 3.56. The van der Waals surface area contributed by atoms with E-state index in [0.29, 0.717) is 47.4 Å². The zero-order chi connectivity index (χ0) is 25.0. The lowest BCUT2D eigenvalue weighted by Crippen LogP contribution is -2.55. The molecule has 12 heteroatoms. The van der Waals surface area contributed by atoms with E-state index in [1.165, 1.54) is 18.3 Å². The predicted octanol–water partition coefficient (Wildman–Crippen LogP) is 3.95. The van der Waals surface area contributed by atoms with Crippen molar-refractivity contribution in [2.45, 2.75) is 37.4 Å². The Morgan fingerprint density at radius 1 is 1.03 bits per heavy atom. The van der Waals surface area contributed by atoms with E-state index in [2.05, 4.69) is 5.10 Å². The van der Waals surface area contributed by atoms with E-state index in [0.717, 1.165) is 41.0 Å². The fourth-order valence-corrected chi connectivity index (χ4v) is 6.09. The number of alkyl halides is 3. The summed E-state index contributed by atoms with van der Waals surface area (Å²) in [5, 5.41) is 4.52. The average molecular weight is 506 g/mol. The molecule has 0 unspecified atom stereocenters. The van der Waals surface area contributed by atoms with Gasteiger partial charge in [0.15, 0.2) is 5.69 Å². The molecule has 0 aliphatic carbocycles. The molecule has 8 nitrogen and oxygen atoms in total. The summed E-state index contributed by atoms with van der Waals surface area (Å²) in [5.41, 5.74) is 4.07. The number of fused-ring (bicyclic) bond motifs is 1. The van der Waals surface area contributed by atoms with Crippen molar-refractivity contribution in [2.24, 2.45) is 5.73 Å². The van der Waals surface area contributed by atoms with E-state index < -0.39 is 23.2 Å². The number of halogens is 3. The third-order valence-corrected chi connectivity index (χ3v) is 7.99. The lowest BCUT2D eigenvalue weighted by molar-refractivity contribution is -0.137. The van der Waals surface area contributed by atoms with Gasteiger partial charge in [-0.1, -0.05) is 6.07 Å². The Hall–Kier alpha value is -3.41. The second kappa shape index (κ2) is 8.36. The highest BCUT2D eigenvalue weighted by atomic mass is 32.1. The molecule has 2 aliphatic rings. The first-order chi connectivity index (χ1) is 16.6. The van der Waals surface area contributed by atoms with Gasteiger partial charge in [0.25, 0.3) is 11.8 Å². The molecule has 2 saturated heterocycles. The van der Waals surface area contributed by atoms with Gasteiger partial charge in [-0.3, -0.25) is 9.59 Å². The zero-order valence-corrected chi connectivity index (χ0v) is 19.4. The van der Waals surface area contributed by atoms with E-state index >= 15 is 0 Å². The van der Waals surface area contributed by atoms with Gasteiger partial charge in [0.2, 0.25) is 0 Å². The van der Waals surface area contributed by atoms with E-state index in [4.69, 9.17) is 5.73 Å². The van der Waals surface area contributed by atoms with Crippen molar-refractivity contribution in [1.29, 1.82) is 0 Å². The summed E-state index contributed by atoms with van der Waals surface area (Å²) in [6.07, 6.45) is -0.259. The molecule has 3 aromatic rings. The van der Waals surface area contributed by atoms with Crippen LogP contribution in [-0.2, 0) is 6.18 Å². The molecule has 2 N–H and O–H groups in total. The molecule has 2 fully saturated rings. The van der Waals surface area contributed by atoms with Crippen molar-refractivity contribution in [1.82, 2.24) is 19.6 Å². The van der Waals surface area contributed by atoms with Crippen LogP contribution in [0.3, 0.4) is 0 Å². The first kappa shape index (κ1) is 23.3. The monoisotopic (exact) mass is 505 g/mol. The van der Waals surface area contributed by atoms with E-state index in [1.54, 1.807) is 11.0 Å². The fourth-order valence-electron chi connectivity index (χ4n) is 5.04. The molecule has 3 amide bonds. The standard InChI is InChI=1S/C23H22F3N5O3S/c24-23(25,26)15-3-2-14-12-18(35-17(14)13-15)20(33)30-8-1-5-22(30)6-10-29(11-7-22)21(34)31-9-4-16(28-31)19(27)32/h2-4,9,12-13H,1,5-8,10-11H2,(H2,27,32). The summed E-state index contributed by atoms with van der Waals surface area (Å²) in [4.78, 5) is 41.4. The number of likely N-dealkylation sites (tertiary alicyclic amines) is 2. The van der Waals surface area contributed by atoms with Crippen LogP contribution in [0.5, 0.6) is 0 Å². The predicted molar refractivity (Wildman–Crippen MR) is 122 cm³/mol. The lowest BCUT2D eigenvalue weighted by Gasteiger charge is -2.44. The summed E-state index contributed by atoms with van der Waals surface area (Å²) >= 11 is 1.07. The van der Waals surface area contributed by atoms with Crippen molar-refractivity contribution in [3.8, 4) is 0 Å². The van der Waals surface area contributed by atoms with Crippen LogP contribution in [0.2, 0.25) is 0 Å². The topological polar surface area (TPSA) is 102 Å². The number of carbonyl (C=O) groups is 3. The van der Waals surface area contributed by atoms with Gasteiger partial charge in [-0.15, -0.1) is 11.3 Å². The van der Waals surface area contributed by atoms with Gasteiger partial charge in [0, 0.05) is 36.1 Å². The number of amides is 3. The molecule has 0 radical (unpaired) electrons. The maximum absolute atomic E-state index is 13.5. The van der Waals surface area contributed by atoms with Crippen molar-refractivity contribution in [3.63, 3.8) is 0 Å². The molecule has 1 aromatic carbocycles. The maximum Gasteiger partial charge on any atom is 0.416 e. The molecule has 35 heavy (non-hydrogen) atoms. The number of benzene rings is 1. The van der Waals surface area contributed by atoms with Crippen molar-refractivity contribution in [2.75, 3.05) is 19.6 Å². The van der Waals surface area contributed by atoms with Gasteiger partial charge in [-0.25, -0.2) is 4.79 Å². The second-order valence-corrected chi connectivity index (χ2v) is 10.0. The van der Waals surface area contributed by atoms with Crippen molar-refractivity contribution >= 4 is 39.3 Å². The second-order valence-electron chi connectivity index (χ2n) is 8.93. The number of carbonyl (C=O) groups excluding carboxylic acids is 3. The quantitative estimate of drug-likeness (QED) is 0.570.